The Labute approximate surface area is 114 Å². The van der Waals surface area contributed by atoms with Gasteiger partial charge in [-0.1, -0.05) is 18.2 Å². The number of aromatic nitrogens is 1. The Hall–Kier alpha value is -1.45. The molecule has 2 heterocycles. The second-order valence-electron chi connectivity index (χ2n) is 5.21. The van der Waals surface area contributed by atoms with E-state index in [0.29, 0.717) is 0 Å². The highest BCUT2D eigenvalue weighted by atomic mass is 16.5. The SMILES string of the molecule is c1cc(CNCCC2CCOC2)c2ccncc2c1. The van der Waals surface area contributed by atoms with Crippen LogP contribution in [0.4, 0.5) is 0 Å². The Kier molecular flexibility index (Phi) is 4.06. The number of fused-ring (bicyclic) bond motifs is 1. The van der Waals surface area contributed by atoms with Gasteiger partial charge in [0.25, 0.3) is 0 Å². The van der Waals surface area contributed by atoms with Crippen molar-refractivity contribution < 1.29 is 4.74 Å². The number of hydrogen-bond donors (Lipinski definition) is 1. The lowest BCUT2D eigenvalue weighted by molar-refractivity contribution is 0.184. The smallest absolute Gasteiger partial charge is 0.0495 e. The van der Waals surface area contributed by atoms with Gasteiger partial charge in [-0.3, -0.25) is 4.98 Å². The molecule has 1 atom stereocenters. The normalized spacial score (nSPS) is 19.1. The molecule has 2 aromatic rings. The Morgan fingerprint density at radius 3 is 3.21 bits per heavy atom. The van der Waals surface area contributed by atoms with Crippen LogP contribution in [-0.4, -0.2) is 24.7 Å². The number of nitrogens with one attached hydrogen (secondary N) is 1. The molecule has 0 radical (unpaired) electrons. The molecule has 3 heteroatoms. The standard InChI is InChI=1S/C16H20N2O/c1-2-14(16-5-8-18-11-15(16)3-1)10-17-7-4-13-6-9-19-12-13/h1-3,5,8,11,13,17H,4,6-7,9-10,12H2. The number of nitrogens with zero attached hydrogens (tertiary/aromatic N) is 1. The Morgan fingerprint density at radius 1 is 1.32 bits per heavy atom. The summed E-state index contributed by atoms with van der Waals surface area (Å²) >= 11 is 0. The number of rotatable bonds is 5. The third-order valence-electron chi connectivity index (χ3n) is 3.84. The van der Waals surface area contributed by atoms with E-state index < -0.39 is 0 Å². The number of pyridine rings is 1. The predicted molar refractivity (Wildman–Crippen MR) is 77.0 cm³/mol. The van der Waals surface area contributed by atoms with E-state index in [0.717, 1.165) is 32.2 Å². The van der Waals surface area contributed by atoms with Crippen molar-refractivity contribution in [2.75, 3.05) is 19.8 Å². The summed E-state index contributed by atoms with van der Waals surface area (Å²) in [7, 11) is 0. The summed E-state index contributed by atoms with van der Waals surface area (Å²) in [5.74, 6) is 0.754. The lowest BCUT2D eigenvalue weighted by Crippen LogP contribution is -2.18. The van der Waals surface area contributed by atoms with Gasteiger partial charge in [0.2, 0.25) is 0 Å². The second kappa shape index (κ2) is 6.13. The summed E-state index contributed by atoms with van der Waals surface area (Å²) in [6, 6.07) is 8.50. The molecule has 1 fully saturated rings. The third kappa shape index (κ3) is 3.11. The molecule has 1 aromatic carbocycles. The molecule has 3 rings (SSSR count). The first-order chi connectivity index (χ1) is 9.43. The molecule has 0 bridgehead atoms. The Balaban J connectivity index is 1.56. The Bertz CT molecular complexity index is 530. The van der Waals surface area contributed by atoms with Crippen molar-refractivity contribution in [3.05, 3.63) is 42.2 Å². The van der Waals surface area contributed by atoms with Gasteiger partial charge in [-0.2, -0.15) is 0 Å². The van der Waals surface area contributed by atoms with Gasteiger partial charge in [0.1, 0.15) is 0 Å². The topological polar surface area (TPSA) is 34.1 Å². The van der Waals surface area contributed by atoms with Gasteiger partial charge in [0.05, 0.1) is 0 Å². The molecular formula is C16H20N2O. The number of hydrogen-bond acceptors (Lipinski definition) is 3. The molecule has 1 aliphatic rings. The minimum atomic E-state index is 0.754. The second-order valence-corrected chi connectivity index (χ2v) is 5.21. The molecule has 0 aliphatic carbocycles. The van der Waals surface area contributed by atoms with Gasteiger partial charge < -0.3 is 10.1 Å². The van der Waals surface area contributed by atoms with Crippen molar-refractivity contribution in [1.82, 2.24) is 10.3 Å². The average molecular weight is 256 g/mol. The fraction of sp³-hybridized carbons (Fsp3) is 0.438. The maximum atomic E-state index is 5.40. The van der Waals surface area contributed by atoms with Gasteiger partial charge in [-0.25, -0.2) is 0 Å². The van der Waals surface area contributed by atoms with Crippen LogP contribution in [0.15, 0.2) is 36.7 Å². The molecule has 3 nitrogen and oxygen atoms in total. The highest BCUT2D eigenvalue weighted by molar-refractivity contribution is 5.84. The van der Waals surface area contributed by atoms with E-state index in [9.17, 15) is 0 Å². The van der Waals surface area contributed by atoms with Crippen LogP contribution in [0.2, 0.25) is 0 Å². The minimum absolute atomic E-state index is 0.754. The van der Waals surface area contributed by atoms with Crippen LogP contribution in [0, 0.1) is 5.92 Å². The summed E-state index contributed by atoms with van der Waals surface area (Å²) in [4.78, 5) is 4.17. The van der Waals surface area contributed by atoms with Gasteiger partial charge in [0, 0.05) is 37.5 Å². The van der Waals surface area contributed by atoms with Crippen molar-refractivity contribution >= 4 is 10.8 Å². The van der Waals surface area contributed by atoms with Crippen molar-refractivity contribution in [1.29, 1.82) is 0 Å². The van der Waals surface area contributed by atoms with Crippen LogP contribution < -0.4 is 5.32 Å². The maximum absolute atomic E-state index is 5.40. The first-order valence-electron chi connectivity index (χ1n) is 7.03. The van der Waals surface area contributed by atoms with Crippen LogP contribution in [0.1, 0.15) is 18.4 Å². The van der Waals surface area contributed by atoms with E-state index in [1.807, 2.05) is 12.4 Å². The fourth-order valence-electron chi connectivity index (χ4n) is 2.68. The van der Waals surface area contributed by atoms with Crippen molar-refractivity contribution in [2.45, 2.75) is 19.4 Å². The summed E-state index contributed by atoms with van der Waals surface area (Å²) in [6.45, 7) is 3.88. The molecule has 1 saturated heterocycles. The molecule has 1 unspecified atom stereocenters. The van der Waals surface area contributed by atoms with Gasteiger partial charge in [0.15, 0.2) is 0 Å². The molecule has 0 spiro atoms. The molecule has 1 aromatic heterocycles. The highest BCUT2D eigenvalue weighted by Gasteiger charge is 2.14. The molecule has 1 N–H and O–H groups in total. The molecule has 19 heavy (non-hydrogen) atoms. The lowest BCUT2D eigenvalue weighted by atomic mass is 10.0. The number of benzene rings is 1. The molecule has 0 amide bonds. The highest BCUT2D eigenvalue weighted by Crippen LogP contribution is 2.18. The van der Waals surface area contributed by atoms with E-state index in [-0.39, 0.29) is 0 Å². The zero-order chi connectivity index (χ0) is 12.9. The Morgan fingerprint density at radius 2 is 2.32 bits per heavy atom. The fourth-order valence-corrected chi connectivity index (χ4v) is 2.68. The maximum Gasteiger partial charge on any atom is 0.0495 e. The molecule has 100 valence electrons. The summed E-state index contributed by atoms with van der Waals surface area (Å²) in [5, 5.41) is 6.06. The summed E-state index contributed by atoms with van der Waals surface area (Å²) < 4.78 is 5.40. The quantitative estimate of drug-likeness (QED) is 0.835. The van der Waals surface area contributed by atoms with Crippen LogP contribution in [-0.2, 0) is 11.3 Å². The van der Waals surface area contributed by atoms with E-state index in [4.69, 9.17) is 4.74 Å². The minimum Gasteiger partial charge on any atom is -0.381 e. The van der Waals surface area contributed by atoms with Crippen molar-refractivity contribution in [3.8, 4) is 0 Å². The average Bonchev–Trinajstić information content (AvgIpc) is 2.97. The van der Waals surface area contributed by atoms with E-state index in [1.54, 1.807) is 0 Å². The zero-order valence-corrected chi connectivity index (χ0v) is 11.1. The van der Waals surface area contributed by atoms with E-state index in [1.165, 1.54) is 29.2 Å². The predicted octanol–water partition coefficient (Wildman–Crippen LogP) is 2.75. The molecular weight excluding hydrogens is 236 g/mol. The van der Waals surface area contributed by atoms with Gasteiger partial charge in [-0.05, 0) is 42.3 Å². The van der Waals surface area contributed by atoms with Crippen molar-refractivity contribution in [3.63, 3.8) is 0 Å². The first kappa shape index (κ1) is 12.6. The van der Waals surface area contributed by atoms with Crippen LogP contribution in [0.3, 0.4) is 0 Å². The van der Waals surface area contributed by atoms with Crippen LogP contribution in [0.25, 0.3) is 10.8 Å². The molecule has 1 aliphatic heterocycles. The zero-order valence-electron chi connectivity index (χ0n) is 11.1. The van der Waals surface area contributed by atoms with Crippen LogP contribution in [0.5, 0.6) is 0 Å². The third-order valence-corrected chi connectivity index (χ3v) is 3.84. The summed E-state index contributed by atoms with van der Waals surface area (Å²) in [6.07, 6.45) is 6.23. The van der Waals surface area contributed by atoms with Crippen molar-refractivity contribution in [2.24, 2.45) is 5.92 Å². The van der Waals surface area contributed by atoms with Gasteiger partial charge >= 0.3 is 0 Å². The van der Waals surface area contributed by atoms with Gasteiger partial charge in [-0.15, -0.1) is 0 Å². The van der Waals surface area contributed by atoms with Crippen LogP contribution >= 0.6 is 0 Å². The van der Waals surface area contributed by atoms with E-state index in [2.05, 4.69) is 34.6 Å². The monoisotopic (exact) mass is 256 g/mol. The first-order valence-corrected chi connectivity index (χ1v) is 7.03. The van der Waals surface area contributed by atoms with E-state index >= 15 is 0 Å². The summed E-state index contributed by atoms with van der Waals surface area (Å²) in [5.41, 5.74) is 1.35. The molecule has 0 saturated carbocycles. The lowest BCUT2D eigenvalue weighted by Gasteiger charge is -2.10. The number of ether oxygens (including phenoxy) is 1. The largest absolute Gasteiger partial charge is 0.381 e.